The number of pyridine rings is 1. The van der Waals surface area contributed by atoms with Crippen LogP contribution in [0.2, 0.25) is 0 Å². The predicted octanol–water partition coefficient (Wildman–Crippen LogP) is 4.67. The lowest BCUT2D eigenvalue weighted by molar-refractivity contribution is 0.143. The van der Waals surface area contributed by atoms with E-state index in [0.29, 0.717) is 5.92 Å². The predicted molar refractivity (Wildman–Crippen MR) is 84.9 cm³/mol. The Kier molecular flexibility index (Phi) is 5.54. The number of aliphatic hydroxyl groups is 1. The monoisotopic (exact) mass is 271 g/mol. The molecule has 2 nitrogen and oxygen atoms in total. The van der Waals surface area contributed by atoms with Crippen molar-refractivity contribution < 1.29 is 5.11 Å². The van der Waals surface area contributed by atoms with Crippen molar-refractivity contribution in [1.29, 1.82) is 0 Å². The minimum atomic E-state index is -0.204. The summed E-state index contributed by atoms with van der Waals surface area (Å²) in [5.74, 6) is 0.302. The SMILES string of the molecule is CCCCCC(O)CC(C)c1ccc2ccccc2n1. The lowest BCUT2D eigenvalue weighted by Gasteiger charge is -2.16. The van der Waals surface area contributed by atoms with Gasteiger partial charge in [0, 0.05) is 17.0 Å². The lowest BCUT2D eigenvalue weighted by atomic mass is 9.96. The van der Waals surface area contributed by atoms with E-state index in [1.807, 2.05) is 18.2 Å². The molecule has 0 aliphatic heterocycles. The van der Waals surface area contributed by atoms with Crippen LogP contribution in [0.25, 0.3) is 10.9 Å². The maximum atomic E-state index is 10.1. The fraction of sp³-hybridized carbons (Fsp3) is 0.500. The topological polar surface area (TPSA) is 33.1 Å². The van der Waals surface area contributed by atoms with Gasteiger partial charge in [-0.15, -0.1) is 0 Å². The fourth-order valence-corrected chi connectivity index (χ4v) is 2.63. The summed E-state index contributed by atoms with van der Waals surface area (Å²) in [6.07, 6.45) is 5.04. The van der Waals surface area contributed by atoms with Crippen molar-refractivity contribution >= 4 is 10.9 Å². The molecule has 2 heteroatoms. The third-order valence-electron chi connectivity index (χ3n) is 3.89. The van der Waals surface area contributed by atoms with Crippen molar-refractivity contribution in [2.24, 2.45) is 0 Å². The number of fused-ring (bicyclic) bond motifs is 1. The molecular formula is C18H25NO. The van der Waals surface area contributed by atoms with E-state index in [-0.39, 0.29) is 6.10 Å². The molecule has 0 radical (unpaired) electrons. The number of hydrogen-bond acceptors (Lipinski definition) is 2. The van der Waals surface area contributed by atoms with Gasteiger partial charge >= 0.3 is 0 Å². The number of rotatable bonds is 7. The van der Waals surface area contributed by atoms with E-state index in [2.05, 4.69) is 32.0 Å². The maximum Gasteiger partial charge on any atom is 0.0705 e. The van der Waals surface area contributed by atoms with Gasteiger partial charge in [-0.3, -0.25) is 4.98 Å². The summed E-state index contributed by atoms with van der Waals surface area (Å²) in [4.78, 5) is 4.71. The van der Waals surface area contributed by atoms with Crippen LogP contribution in [-0.4, -0.2) is 16.2 Å². The quantitative estimate of drug-likeness (QED) is 0.742. The Labute approximate surface area is 121 Å². The van der Waals surface area contributed by atoms with Gasteiger partial charge in [0.1, 0.15) is 0 Å². The Bertz CT molecular complexity index is 538. The van der Waals surface area contributed by atoms with Crippen LogP contribution >= 0.6 is 0 Å². The molecule has 1 aromatic heterocycles. The zero-order chi connectivity index (χ0) is 14.4. The van der Waals surface area contributed by atoms with Crippen LogP contribution in [0.3, 0.4) is 0 Å². The van der Waals surface area contributed by atoms with Crippen LogP contribution < -0.4 is 0 Å². The van der Waals surface area contributed by atoms with Gasteiger partial charge in [0.2, 0.25) is 0 Å². The van der Waals surface area contributed by atoms with Gasteiger partial charge in [-0.05, 0) is 25.0 Å². The highest BCUT2D eigenvalue weighted by atomic mass is 16.3. The summed E-state index contributed by atoms with van der Waals surface area (Å²) in [6, 6.07) is 12.4. The third-order valence-corrected chi connectivity index (χ3v) is 3.89. The van der Waals surface area contributed by atoms with Crippen LogP contribution in [0.4, 0.5) is 0 Å². The largest absolute Gasteiger partial charge is 0.393 e. The number of unbranched alkanes of at least 4 members (excludes halogenated alkanes) is 2. The van der Waals surface area contributed by atoms with Gasteiger partial charge < -0.3 is 5.11 Å². The second kappa shape index (κ2) is 7.39. The van der Waals surface area contributed by atoms with Crippen molar-refractivity contribution in [1.82, 2.24) is 4.98 Å². The second-order valence-electron chi connectivity index (χ2n) is 5.72. The van der Waals surface area contributed by atoms with Crippen molar-refractivity contribution in [2.75, 3.05) is 0 Å². The van der Waals surface area contributed by atoms with Crippen LogP contribution in [0.5, 0.6) is 0 Å². The molecule has 2 aromatic rings. The number of benzene rings is 1. The van der Waals surface area contributed by atoms with Gasteiger partial charge in [0.05, 0.1) is 11.6 Å². The van der Waals surface area contributed by atoms with Crippen molar-refractivity contribution in [2.45, 2.75) is 58.0 Å². The standard InChI is InChI=1S/C18H25NO/c1-3-4-5-9-16(20)13-14(2)17-12-11-15-8-6-7-10-18(15)19-17/h6-8,10-12,14,16,20H,3-5,9,13H2,1-2H3. The van der Waals surface area contributed by atoms with E-state index in [1.54, 1.807) is 0 Å². The zero-order valence-corrected chi connectivity index (χ0v) is 12.5. The molecule has 0 aliphatic carbocycles. The van der Waals surface area contributed by atoms with Crippen molar-refractivity contribution in [3.8, 4) is 0 Å². The lowest BCUT2D eigenvalue weighted by Crippen LogP contribution is -2.11. The first-order valence-corrected chi connectivity index (χ1v) is 7.74. The molecule has 2 rings (SSSR count). The highest BCUT2D eigenvalue weighted by molar-refractivity contribution is 5.78. The van der Waals surface area contributed by atoms with E-state index in [9.17, 15) is 5.11 Å². The molecule has 1 aromatic carbocycles. The molecule has 108 valence electrons. The van der Waals surface area contributed by atoms with Crippen LogP contribution in [0.1, 0.15) is 57.6 Å². The first kappa shape index (κ1) is 15.0. The average Bonchev–Trinajstić information content (AvgIpc) is 2.47. The van der Waals surface area contributed by atoms with Crippen molar-refractivity contribution in [3.63, 3.8) is 0 Å². The summed E-state index contributed by atoms with van der Waals surface area (Å²) in [7, 11) is 0. The fourth-order valence-electron chi connectivity index (χ4n) is 2.63. The van der Waals surface area contributed by atoms with Crippen LogP contribution in [0, 0.1) is 0 Å². The van der Waals surface area contributed by atoms with Gasteiger partial charge in [0.25, 0.3) is 0 Å². The number of para-hydroxylation sites is 1. The molecule has 0 fully saturated rings. The molecule has 1 heterocycles. The number of aromatic nitrogens is 1. The molecule has 0 aliphatic rings. The van der Waals surface area contributed by atoms with E-state index in [1.165, 1.54) is 18.2 Å². The zero-order valence-electron chi connectivity index (χ0n) is 12.5. The highest BCUT2D eigenvalue weighted by Crippen LogP contribution is 2.23. The minimum absolute atomic E-state index is 0.204. The van der Waals surface area contributed by atoms with E-state index in [4.69, 9.17) is 4.98 Å². The smallest absolute Gasteiger partial charge is 0.0705 e. The Morgan fingerprint density at radius 3 is 2.70 bits per heavy atom. The Hall–Kier alpha value is -1.41. The van der Waals surface area contributed by atoms with Crippen LogP contribution in [-0.2, 0) is 0 Å². The first-order chi connectivity index (χ1) is 9.70. The molecular weight excluding hydrogens is 246 g/mol. The number of hydrogen-bond donors (Lipinski definition) is 1. The normalized spacial score (nSPS) is 14.3. The minimum Gasteiger partial charge on any atom is -0.393 e. The molecule has 0 spiro atoms. The summed E-state index contributed by atoms with van der Waals surface area (Å²) >= 11 is 0. The summed E-state index contributed by atoms with van der Waals surface area (Å²) < 4.78 is 0. The number of aliphatic hydroxyl groups excluding tert-OH is 1. The Balaban J connectivity index is 1.98. The molecule has 20 heavy (non-hydrogen) atoms. The number of nitrogens with zero attached hydrogens (tertiary/aromatic N) is 1. The molecule has 2 unspecified atom stereocenters. The Morgan fingerprint density at radius 2 is 1.90 bits per heavy atom. The maximum absolute atomic E-state index is 10.1. The summed E-state index contributed by atoms with van der Waals surface area (Å²) in [6.45, 7) is 4.34. The molecule has 0 amide bonds. The van der Waals surface area contributed by atoms with Gasteiger partial charge in [0.15, 0.2) is 0 Å². The summed E-state index contributed by atoms with van der Waals surface area (Å²) in [5.41, 5.74) is 2.12. The van der Waals surface area contributed by atoms with Gasteiger partial charge in [-0.25, -0.2) is 0 Å². The summed E-state index contributed by atoms with van der Waals surface area (Å²) in [5, 5.41) is 11.3. The van der Waals surface area contributed by atoms with Crippen molar-refractivity contribution in [3.05, 3.63) is 42.1 Å². The van der Waals surface area contributed by atoms with Gasteiger partial charge in [-0.1, -0.05) is 57.4 Å². The first-order valence-electron chi connectivity index (χ1n) is 7.74. The molecule has 2 atom stereocenters. The molecule has 1 N–H and O–H groups in total. The van der Waals surface area contributed by atoms with E-state index in [0.717, 1.165) is 30.5 Å². The molecule has 0 saturated heterocycles. The molecule has 0 saturated carbocycles. The highest BCUT2D eigenvalue weighted by Gasteiger charge is 2.13. The Morgan fingerprint density at radius 1 is 1.10 bits per heavy atom. The van der Waals surface area contributed by atoms with E-state index >= 15 is 0 Å². The van der Waals surface area contributed by atoms with Gasteiger partial charge in [-0.2, -0.15) is 0 Å². The van der Waals surface area contributed by atoms with Crippen LogP contribution in [0.15, 0.2) is 36.4 Å². The molecule has 0 bridgehead atoms. The average molecular weight is 271 g/mol. The third kappa shape index (κ3) is 4.04. The second-order valence-corrected chi connectivity index (χ2v) is 5.72. The van der Waals surface area contributed by atoms with E-state index < -0.39 is 0 Å².